The molecule has 2 bridgehead atoms. The minimum atomic E-state index is -0.610. The Morgan fingerprint density at radius 2 is 1.66 bits per heavy atom. The fourth-order valence-electron chi connectivity index (χ4n) is 6.04. The van der Waals surface area contributed by atoms with E-state index in [1.54, 1.807) is 12.1 Å². The summed E-state index contributed by atoms with van der Waals surface area (Å²) in [6, 6.07) is 9.53. The molecule has 0 aromatic heterocycles. The number of hydrogen-bond donors (Lipinski definition) is 1. The third-order valence-corrected chi connectivity index (χ3v) is 7.15. The summed E-state index contributed by atoms with van der Waals surface area (Å²) >= 11 is 0. The molecule has 2 aromatic carbocycles. The molecule has 0 amide bonds. The molecule has 6 atom stereocenters. The number of benzene rings is 2. The SMILES string of the molecule is [C-]#[N+][C@@H]1[C@@H]2O[C@@H]([C@H]3C(O)=C(c4c(C)cc(C)cc4C)C(=O)[C@@H]23)[C@@H]1c1ccc([N+](=O)[O-])cc1. The van der Waals surface area contributed by atoms with Crippen LogP contribution < -0.4 is 0 Å². The predicted molar refractivity (Wildman–Crippen MR) is 117 cm³/mol. The average Bonchev–Trinajstić information content (AvgIpc) is 3.38. The Hall–Kier alpha value is -3.50. The van der Waals surface area contributed by atoms with Crippen molar-refractivity contribution in [3.05, 3.63) is 91.5 Å². The van der Waals surface area contributed by atoms with Gasteiger partial charge in [0.05, 0.1) is 34.4 Å². The van der Waals surface area contributed by atoms with E-state index in [9.17, 15) is 20.0 Å². The topological polar surface area (TPSA) is 94.0 Å². The van der Waals surface area contributed by atoms with Crippen LogP contribution in [0.25, 0.3) is 10.4 Å². The van der Waals surface area contributed by atoms with Gasteiger partial charge in [0, 0.05) is 12.1 Å². The first-order valence-electron chi connectivity index (χ1n) is 10.6. The van der Waals surface area contributed by atoms with E-state index in [2.05, 4.69) is 4.85 Å². The van der Waals surface area contributed by atoms with Crippen molar-refractivity contribution in [3.8, 4) is 0 Å². The molecule has 0 unspecified atom stereocenters. The number of Topliss-reactive ketones (excluding diaryl/α,β-unsaturated/α-hetero) is 1. The van der Waals surface area contributed by atoms with Crippen molar-refractivity contribution in [2.75, 3.05) is 0 Å². The summed E-state index contributed by atoms with van der Waals surface area (Å²) < 4.78 is 6.13. The largest absolute Gasteiger partial charge is 0.511 e. The molecule has 2 heterocycles. The number of carbonyl (C=O) groups excluding carboxylic acids is 1. The van der Waals surface area contributed by atoms with E-state index in [1.807, 2.05) is 32.9 Å². The van der Waals surface area contributed by atoms with E-state index < -0.39 is 35.0 Å². The highest BCUT2D eigenvalue weighted by atomic mass is 16.6. The molecule has 3 aliphatic rings. The zero-order valence-corrected chi connectivity index (χ0v) is 17.9. The summed E-state index contributed by atoms with van der Waals surface area (Å²) in [5.74, 6) is -1.58. The van der Waals surface area contributed by atoms with Crippen molar-refractivity contribution in [1.82, 2.24) is 0 Å². The Morgan fingerprint density at radius 1 is 1.03 bits per heavy atom. The van der Waals surface area contributed by atoms with Gasteiger partial charge in [-0.15, -0.1) is 0 Å². The van der Waals surface area contributed by atoms with Gasteiger partial charge in [-0.1, -0.05) is 29.8 Å². The number of allylic oxidation sites excluding steroid dienone is 1. The van der Waals surface area contributed by atoms with Crippen LogP contribution in [0.15, 0.2) is 42.2 Å². The number of aliphatic hydroxyl groups excluding tert-OH is 1. The number of nitro groups is 1. The van der Waals surface area contributed by atoms with Gasteiger partial charge in [-0.3, -0.25) is 14.9 Å². The Morgan fingerprint density at radius 3 is 2.22 bits per heavy atom. The van der Waals surface area contributed by atoms with Gasteiger partial charge in [-0.25, -0.2) is 6.57 Å². The normalized spacial score (nSPS) is 30.5. The third kappa shape index (κ3) is 2.66. The van der Waals surface area contributed by atoms with Crippen molar-refractivity contribution < 1.29 is 19.6 Å². The third-order valence-electron chi connectivity index (χ3n) is 7.15. The van der Waals surface area contributed by atoms with Gasteiger partial charge in [-0.05, 0) is 43.0 Å². The smallest absolute Gasteiger partial charge is 0.269 e. The monoisotopic (exact) mass is 430 g/mol. The summed E-state index contributed by atoms with van der Waals surface area (Å²) in [6.45, 7) is 13.6. The first-order valence-corrected chi connectivity index (χ1v) is 10.6. The maximum Gasteiger partial charge on any atom is 0.269 e. The molecule has 1 aliphatic carbocycles. The highest BCUT2D eigenvalue weighted by molar-refractivity contribution is 6.26. The number of non-ortho nitro benzene ring substituents is 1. The molecule has 2 saturated heterocycles. The Balaban J connectivity index is 1.59. The highest BCUT2D eigenvalue weighted by Crippen LogP contribution is 2.59. The van der Waals surface area contributed by atoms with Crippen molar-refractivity contribution in [2.24, 2.45) is 11.8 Å². The molecule has 162 valence electrons. The van der Waals surface area contributed by atoms with E-state index in [-0.39, 0.29) is 23.1 Å². The lowest BCUT2D eigenvalue weighted by Crippen LogP contribution is -2.41. The van der Waals surface area contributed by atoms with Gasteiger partial charge in [0.15, 0.2) is 5.78 Å². The maximum atomic E-state index is 13.5. The predicted octanol–water partition coefficient (Wildman–Crippen LogP) is 4.46. The standard InChI is InChI=1S/C25H22N2O5/c1-11-9-12(2)16(13(3)10-11)18-22(28)19-20(23(18)29)25-21(26-4)17(24(19)32-25)14-5-7-15(8-6-14)27(30)31/h5-10,17,19-21,24-25,28H,1-3H3/t17-,19-,20+,21+,24-,25-/m1/s1. The van der Waals surface area contributed by atoms with Crippen molar-refractivity contribution >= 4 is 17.0 Å². The minimum absolute atomic E-state index is 0.0264. The summed E-state index contributed by atoms with van der Waals surface area (Å²) in [6.07, 6.45) is -1.14. The number of ketones is 1. The fraction of sp³-hybridized carbons (Fsp3) is 0.360. The minimum Gasteiger partial charge on any atom is -0.511 e. The molecule has 0 saturated carbocycles. The van der Waals surface area contributed by atoms with Crippen molar-refractivity contribution in [2.45, 2.75) is 44.9 Å². The first-order chi connectivity index (χ1) is 15.2. The summed E-state index contributed by atoms with van der Waals surface area (Å²) in [5, 5.41) is 22.3. The number of carbonyl (C=O) groups is 1. The lowest BCUT2D eigenvalue weighted by molar-refractivity contribution is -0.384. The van der Waals surface area contributed by atoms with Gasteiger partial charge in [0.1, 0.15) is 11.9 Å². The molecular formula is C25H22N2O5. The molecule has 2 aliphatic heterocycles. The summed E-state index contributed by atoms with van der Waals surface area (Å²) in [4.78, 5) is 27.9. The van der Waals surface area contributed by atoms with Crippen LogP contribution in [0.2, 0.25) is 0 Å². The quantitative estimate of drug-likeness (QED) is 0.441. The molecule has 2 fully saturated rings. The molecule has 32 heavy (non-hydrogen) atoms. The van der Waals surface area contributed by atoms with Crippen LogP contribution >= 0.6 is 0 Å². The molecule has 0 radical (unpaired) electrons. The van der Waals surface area contributed by atoms with E-state index in [0.29, 0.717) is 5.57 Å². The Labute approximate surface area is 185 Å². The number of fused-ring (bicyclic) bond motifs is 5. The van der Waals surface area contributed by atoms with Crippen LogP contribution in [0.5, 0.6) is 0 Å². The van der Waals surface area contributed by atoms with Gasteiger partial charge in [0.25, 0.3) is 11.7 Å². The number of hydrogen-bond acceptors (Lipinski definition) is 5. The van der Waals surface area contributed by atoms with E-state index in [4.69, 9.17) is 11.3 Å². The molecule has 7 nitrogen and oxygen atoms in total. The highest BCUT2D eigenvalue weighted by Gasteiger charge is 2.69. The molecule has 1 N–H and O–H groups in total. The van der Waals surface area contributed by atoms with E-state index >= 15 is 0 Å². The molecule has 7 heteroatoms. The van der Waals surface area contributed by atoms with Crippen LogP contribution in [0.4, 0.5) is 5.69 Å². The van der Waals surface area contributed by atoms with Crippen molar-refractivity contribution in [3.63, 3.8) is 0 Å². The number of aliphatic hydroxyl groups is 1. The maximum absolute atomic E-state index is 13.5. The van der Waals surface area contributed by atoms with Crippen LogP contribution in [-0.4, -0.2) is 34.1 Å². The Bertz CT molecular complexity index is 1220. The van der Waals surface area contributed by atoms with E-state index in [1.165, 1.54) is 12.1 Å². The van der Waals surface area contributed by atoms with Crippen molar-refractivity contribution in [1.29, 1.82) is 0 Å². The lowest BCUT2D eigenvalue weighted by Gasteiger charge is -2.28. The second kappa shape index (κ2) is 7.01. The second-order valence-corrected chi connectivity index (χ2v) is 9.01. The number of rotatable bonds is 3. The van der Waals surface area contributed by atoms with Crippen LogP contribution in [0, 0.1) is 49.3 Å². The summed E-state index contributed by atoms with van der Waals surface area (Å²) in [7, 11) is 0. The van der Waals surface area contributed by atoms with Gasteiger partial charge < -0.3 is 14.7 Å². The van der Waals surface area contributed by atoms with Gasteiger partial charge in [-0.2, -0.15) is 0 Å². The molecule has 0 spiro atoms. The fourth-order valence-corrected chi connectivity index (χ4v) is 6.04. The van der Waals surface area contributed by atoms with Crippen LogP contribution in [0.1, 0.15) is 33.7 Å². The number of aryl methyl sites for hydroxylation is 3. The van der Waals surface area contributed by atoms with Crippen LogP contribution in [-0.2, 0) is 9.53 Å². The van der Waals surface area contributed by atoms with Gasteiger partial charge in [0.2, 0.25) is 0 Å². The first kappa shape index (κ1) is 20.4. The molecule has 5 rings (SSSR count). The number of nitrogens with zero attached hydrogens (tertiary/aromatic N) is 2. The summed E-state index contributed by atoms with van der Waals surface area (Å²) in [5.41, 5.74) is 4.78. The zero-order chi connectivity index (χ0) is 22.9. The second-order valence-electron chi connectivity index (χ2n) is 9.01. The average molecular weight is 430 g/mol. The lowest BCUT2D eigenvalue weighted by atomic mass is 9.70. The zero-order valence-electron chi connectivity index (χ0n) is 17.9. The van der Waals surface area contributed by atoms with Gasteiger partial charge >= 0.3 is 0 Å². The number of nitro benzene ring substituents is 1. The van der Waals surface area contributed by atoms with Crippen LogP contribution in [0.3, 0.4) is 0 Å². The Kier molecular flexibility index (Phi) is 4.47. The van der Waals surface area contributed by atoms with E-state index in [0.717, 1.165) is 27.8 Å². The number of ether oxygens (including phenoxy) is 1. The molecular weight excluding hydrogens is 408 g/mol. The molecule has 2 aromatic rings.